The molecule has 9 rings (SSSR count). The molecule has 0 bridgehead atoms. The van der Waals surface area contributed by atoms with Crippen LogP contribution in [0.2, 0.25) is 0 Å². The van der Waals surface area contributed by atoms with E-state index in [1.165, 1.54) is 49.9 Å². The van der Waals surface area contributed by atoms with Crippen LogP contribution >= 0.6 is 0 Å². The van der Waals surface area contributed by atoms with Gasteiger partial charge in [-0.2, -0.15) is 0 Å². The average molecular weight is 711 g/mol. The average Bonchev–Trinajstić information content (AvgIpc) is 3.76. The molecule has 0 amide bonds. The summed E-state index contributed by atoms with van der Waals surface area (Å²) in [6.45, 7) is 7.68. The zero-order valence-corrected chi connectivity index (χ0v) is 31.2. The minimum Gasteiger partial charge on any atom is -0.372 e. The number of benzene rings is 5. The van der Waals surface area contributed by atoms with Gasteiger partial charge in [-0.25, -0.2) is 0 Å². The molecule has 6 nitrogen and oxygen atoms in total. The quantitative estimate of drug-likeness (QED) is 0.147. The number of ketones is 2. The van der Waals surface area contributed by atoms with Crippen LogP contribution in [0, 0.1) is 0 Å². The van der Waals surface area contributed by atoms with Gasteiger partial charge in [0.05, 0.1) is 33.5 Å². The Kier molecular flexibility index (Phi) is 8.90. The van der Waals surface area contributed by atoms with Gasteiger partial charge in [-0.3, -0.25) is 9.59 Å². The Balaban J connectivity index is 1.18. The number of nitrogens with zero attached hydrogens (tertiary/aromatic N) is 4. The maximum atomic E-state index is 13.5. The number of rotatable bonds is 8. The van der Waals surface area contributed by atoms with Crippen LogP contribution in [0.3, 0.4) is 0 Å². The van der Waals surface area contributed by atoms with Crippen LogP contribution in [-0.2, 0) is 0 Å². The minimum absolute atomic E-state index is 0.0446. The summed E-state index contributed by atoms with van der Waals surface area (Å²) in [4.78, 5) is 31.9. The Labute approximate surface area is 317 Å². The molecule has 270 valence electrons. The van der Waals surface area contributed by atoms with Crippen LogP contribution in [0.25, 0.3) is 55.7 Å². The van der Waals surface area contributed by atoms with E-state index < -0.39 is 0 Å². The van der Waals surface area contributed by atoms with Crippen LogP contribution in [0.5, 0.6) is 0 Å². The van der Waals surface area contributed by atoms with E-state index in [2.05, 4.69) is 116 Å². The molecule has 0 saturated carbocycles. The lowest BCUT2D eigenvalue weighted by atomic mass is 10.0. The largest absolute Gasteiger partial charge is 0.372 e. The first kappa shape index (κ1) is 33.9. The summed E-state index contributed by atoms with van der Waals surface area (Å²) in [5.41, 5.74) is 11.7. The predicted octanol–water partition coefficient (Wildman–Crippen LogP) is 11.3. The number of carbonyl (C=O) groups excluding carboxylic acids is 2. The van der Waals surface area contributed by atoms with Gasteiger partial charge >= 0.3 is 0 Å². The summed E-state index contributed by atoms with van der Waals surface area (Å²) >= 11 is 0. The van der Waals surface area contributed by atoms with Gasteiger partial charge in [-0.15, -0.1) is 0 Å². The minimum atomic E-state index is 0.0446. The van der Waals surface area contributed by atoms with E-state index in [4.69, 9.17) is 0 Å². The van der Waals surface area contributed by atoms with Crippen LogP contribution in [0.4, 0.5) is 11.4 Å². The van der Waals surface area contributed by atoms with Crippen molar-refractivity contribution in [2.45, 2.75) is 52.4 Å². The molecule has 5 aromatic carbocycles. The Bertz CT molecular complexity index is 2320. The monoisotopic (exact) mass is 710 g/mol. The third-order valence-corrected chi connectivity index (χ3v) is 11.5. The molecule has 0 unspecified atom stereocenters. The summed E-state index contributed by atoms with van der Waals surface area (Å²) < 4.78 is 4.47. The first-order chi connectivity index (χ1) is 26.5. The van der Waals surface area contributed by atoms with Gasteiger partial charge in [0.2, 0.25) is 0 Å². The van der Waals surface area contributed by atoms with E-state index in [1.54, 1.807) is 13.8 Å². The molecule has 2 saturated heterocycles. The van der Waals surface area contributed by atoms with Crippen molar-refractivity contribution >= 4 is 44.7 Å². The standard InChI is InChI=1S/C48H46N4O2/c1-33(53)45-41-13-5-7-15-43(41)51(47(45)35-17-21-37(22-18-35)49-29-9-3-10-30-49)39-25-27-40(28-26-39)52-44-16-8-6-14-42(44)46(34(2)54)48(52)36-19-23-38(24-20-36)50-31-11-4-12-32-50/h5-8,13-28H,3-4,9-12,29-32H2,1-2H3. The van der Waals surface area contributed by atoms with Crippen molar-refractivity contribution in [2.75, 3.05) is 36.0 Å². The molecule has 2 aromatic heterocycles. The van der Waals surface area contributed by atoms with Gasteiger partial charge < -0.3 is 18.9 Å². The Morgan fingerprint density at radius 2 is 0.741 bits per heavy atom. The Morgan fingerprint density at radius 1 is 0.407 bits per heavy atom. The van der Waals surface area contributed by atoms with Crippen molar-refractivity contribution in [3.05, 3.63) is 132 Å². The molecule has 0 radical (unpaired) electrons. The number of hydrogen-bond acceptors (Lipinski definition) is 4. The number of fused-ring (bicyclic) bond motifs is 2. The van der Waals surface area contributed by atoms with Crippen LogP contribution < -0.4 is 9.80 Å². The molecule has 0 aliphatic carbocycles. The highest BCUT2D eigenvalue weighted by atomic mass is 16.1. The topological polar surface area (TPSA) is 50.5 Å². The number of para-hydroxylation sites is 2. The lowest BCUT2D eigenvalue weighted by Gasteiger charge is -2.29. The maximum absolute atomic E-state index is 13.5. The zero-order valence-electron chi connectivity index (χ0n) is 31.2. The van der Waals surface area contributed by atoms with Crippen molar-refractivity contribution in [1.82, 2.24) is 9.13 Å². The van der Waals surface area contributed by atoms with Crippen LogP contribution in [0.1, 0.15) is 73.1 Å². The molecule has 6 heteroatoms. The predicted molar refractivity (Wildman–Crippen MR) is 223 cm³/mol. The van der Waals surface area contributed by atoms with Crippen LogP contribution in [-0.4, -0.2) is 46.9 Å². The molecular weight excluding hydrogens is 665 g/mol. The molecule has 7 aromatic rings. The highest BCUT2D eigenvalue weighted by molar-refractivity contribution is 6.14. The van der Waals surface area contributed by atoms with Gasteiger partial charge in [0.25, 0.3) is 0 Å². The second-order valence-electron chi connectivity index (χ2n) is 15.0. The molecule has 2 fully saturated rings. The smallest absolute Gasteiger partial charge is 0.162 e. The molecule has 2 aliphatic heterocycles. The second kappa shape index (κ2) is 14.2. The molecule has 54 heavy (non-hydrogen) atoms. The van der Waals surface area contributed by atoms with E-state index in [0.717, 1.165) is 93.0 Å². The number of carbonyl (C=O) groups is 2. The first-order valence-electron chi connectivity index (χ1n) is 19.6. The fraction of sp³-hybridized carbons (Fsp3) is 0.250. The van der Waals surface area contributed by atoms with Gasteiger partial charge in [-0.05, 0) is 124 Å². The van der Waals surface area contributed by atoms with Crippen molar-refractivity contribution in [1.29, 1.82) is 0 Å². The van der Waals surface area contributed by atoms with Crippen molar-refractivity contribution in [3.63, 3.8) is 0 Å². The molecule has 4 heterocycles. The van der Waals surface area contributed by atoms with Crippen molar-refractivity contribution < 1.29 is 9.59 Å². The van der Waals surface area contributed by atoms with Gasteiger partial charge in [0.1, 0.15) is 0 Å². The van der Waals surface area contributed by atoms with E-state index in [0.29, 0.717) is 0 Å². The maximum Gasteiger partial charge on any atom is 0.162 e. The van der Waals surface area contributed by atoms with Gasteiger partial charge in [0.15, 0.2) is 11.6 Å². The van der Waals surface area contributed by atoms with Gasteiger partial charge in [0, 0.05) is 59.7 Å². The number of aromatic nitrogens is 2. The molecule has 0 spiro atoms. The van der Waals surface area contributed by atoms with Crippen LogP contribution in [0.15, 0.2) is 121 Å². The fourth-order valence-electron chi connectivity index (χ4n) is 8.99. The van der Waals surface area contributed by atoms with Crippen molar-refractivity contribution in [2.24, 2.45) is 0 Å². The highest BCUT2D eigenvalue weighted by Crippen LogP contribution is 2.40. The molecule has 0 atom stereocenters. The lowest BCUT2D eigenvalue weighted by Crippen LogP contribution is -2.29. The van der Waals surface area contributed by atoms with E-state index in [9.17, 15) is 9.59 Å². The molecular formula is C48H46N4O2. The summed E-state index contributed by atoms with van der Waals surface area (Å²) in [5, 5.41) is 1.89. The number of hydrogen-bond donors (Lipinski definition) is 0. The van der Waals surface area contributed by atoms with E-state index in [1.807, 2.05) is 24.3 Å². The highest BCUT2D eigenvalue weighted by Gasteiger charge is 2.25. The second-order valence-corrected chi connectivity index (χ2v) is 15.0. The number of anilines is 2. The van der Waals surface area contributed by atoms with E-state index in [-0.39, 0.29) is 11.6 Å². The van der Waals surface area contributed by atoms with Gasteiger partial charge in [-0.1, -0.05) is 60.7 Å². The summed E-state index contributed by atoms with van der Waals surface area (Å²) in [5.74, 6) is 0.0893. The summed E-state index contributed by atoms with van der Waals surface area (Å²) in [6.07, 6.45) is 7.48. The normalized spacial score (nSPS) is 14.9. The Morgan fingerprint density at radius 3 is 1.09 bits per heavy atom. The van der Waals surface area contributed by atoms with Crippen molar-refractivity contribution in [3.8, 4) is 33.9 Å². The first-order valence-corrected chi connectivity index (χ1v) is 19.6. The van der Waals surface area contributed by atoms with E-state index >= 15 is 0 Å². The SMILES string of the molecule is CC(=O)c1c(-c2ccc(N3CCCCC3)cc2)n(-c2ccc(-n3c(-c4ccc(N5CCCCC5)cc4)c(C(C)=O)c4ccccc43)cc2)c2ccccc12. The molecule has 0 N–H and O–H groups in total. The number of piperidine rings is 2. The lowest BCUT2D eigenvalue weighted by molar-refractivity contribution is 0.101. The molecule has 2 aliphatic rings. The number of Topliss-reactive ketones (excluding diaryl/α,β-unsaturated/α-hetero) is 2. The third kappa shape index (κ3) is 5.90. The Hall–Kier alpha value is -5.88. The summed E-state index contributed by atoms with van der Waals surface area (Å²) in [6, 6.07) is 42.5. The fourth-order valence-corrected chi connectivity index (χ4v) is 8.99. The zero-order chi connectivity index (χ0) is 36.8. The third-order valence-electron chi connectivity index (χ3n) is 11.5. The summed E-state index contributed by atoms with van der Waals surface area (Å²) in [7, 11) is 0.